The topological polar surface area (TPSA) is 41.8 Å². The summed E-state index contributed by atoms with van der Waals surface area (Å²) in [6, 6.07) is 0. The van der Waals surface area contributed by atoms with E-state index in [0.29, 0.717) is 6.61 Å². The zero-order valence-corrected chi connectivity index (χ0v) is 8.16. The van der Waals surface area contributed by atoms with E-state index in [1.54, 1.807) is 13.1 Å². The van der Waals surface area contributed by atoms with Crippen LogP contribution < -0.4 is 0 Å². The van der Waals surface area contributed by atoms with Crippen molar-refractivity contribution in [3.8, 4) is 0 Å². The fourth-order valence-corrected chi connectivity index (χ4v) is 0.510. The van der Waals surface area contributed by atoms with E-state index in [1.165, 1.54) is 6.20 Å². The molecular formula is C9H17NO2. The van der Waals surface area contributed by atoms with Gasteiger partial charge in [0.15, 0.2) is 0 Å². The number of nitrogens with zero attached hydrogens (tertiary/aromatic N) is 1. The third-order valence-electron chi connectivity index (χ3n) is 0.939. The largest absolute Gasteiger partial charge is 0.480 e. The second kappa shape index (κ2) is 4.80. The van der Waals surface area contributed by atoms with Gasteiger partial charge in [0, 0.05) is 6.21 Å². The summed E-state index contributed by atoms with van der Waals surface area (Å²) in [5.41, 5.74) is 0.0307. The van der Waals surface area contributed by atoms with Gasteiger partial charge >= 0.3 is 0 Å². The van der Waals surface area contributed by atoms with Crippen LogP contribution in [0.1, 0.15) is 27.7 Å². The second-order valence-corrected chi connectivity index (χ2v) is 3.54. The molecular weight excluding hydrogens is 154 g/mol. The van der Waals surface area contributed by atoms with Crippen molar-refractivity contribution in [3.05, 3.63) is 12.1 Å². The minimum atomic E-state index is -0.141. The summed E-state index contributed by atoms with van der Waals surface area (Å²) < 4.78 is 4.76. The molecule has 70 valence electrons. The van der Waals surface area contributed by atoms with Crippen molar-refractivity contribution in [2.75, 3.05) is 6.61 Å². The zero-order valence-electron chi connectivity index (χ0n) is 8.16. The second-order valence-electron chi connectivity index (χ2n) is 3.54. The molecule has 1 N–H and O–H groups in total. The third-order valence-corrected chi connectivity index (χ3v) is 0.939. The molecule has 3 nitrogen and oxygen atoms in total. The molecule has 0 spiro atoms. The van der Waals surface area contributed by atoms with E-state index in [-0.39, 0.29) is 11.4 Å². The van der Waals surface area contributed by atoms with Crippen molar-refractivity contribution < 1.29 is 9.84 Å². The predicted octanol–water partition coefficient (Wildman–Crippen LogP) is 2.50. The molecule has 12 heavy (non-hydrogen) atoms. The number of aliphatic hydroxyl groups excluding tert-OH is 1. The molecule has 0 aromatic heterocycles. The maximum Gasteiger partial charge on any atom is 0.295 e. The van der Waals surface area contributed by atoms with Gasteiger partial charge in [0.05, 0.1) is 6.61 Å². The lowest BCUT2D eigenvalue weighted by Gasteiger charge is -2.08. The fourth-order valence-electron chi connectivity index (χ4n) is 0.510. The SMILES string of the molecule is CCO/C(O)=C/N=CC(C)(C)C. The summed E-state index contributed by atoms with van der Waals surface area (Å²) in [5, 5.41) is 8.97. The molecule has 0 aromatic carbocycles. The van der Waals surface area contributed by atoms with E-state index < -0.39 is 0 Å². The van der Waals surface area contributed by atoms with Gasteiger partial charge in [0.25, 0.3) is 5.95 Å². The van der Waals surface area contributed by atoms with Crippen molar-refractivity contribution in [3.63, 3.8) is 0 Å². The molecule has 0 amide bonds. The lowest BCUT2D eigenvalue weighted by atomic mass is 9.99. The molecule has 0 rings (SSSR count). The highest BCUT2D eigenvalue weighted by molar-refractivity contribution is 5.64. The molecule has 0 saturated heterocycles. The Labute approximate surface area is 73.8 Å². The van der Waals surface area contributed by atoms with Gasteiger partial charge in [-0.05, 0) is 12.3 Å². The molecule has 0 aliphatic carbocycles. The average Bonchev–Trinajstić information content (AvgIpc) is 1.84. The average molecular weight is 171 g/mol. The summed E-state index contributed by atoms with van der Waals surface area (Å²) in [4.78, 5) is 3.90. The molecule has 0 unspecified atom stereocenters. The van der Waals surface area contributed by atoms with Crippen LogP contribution in [0.5, 0.6) is 0 Å². The first-order valence-corrected chi connectivity index (χ1v) is 4.02. The first-order chi connectivity index (χ1) is 5.45. The Morgan fingerprint density at radius 1 is 1.50 bits per heavy atom. The molecule has 0 aliphatic heterocycles. The summed E-state index contributed by atoms with van der Waals surface area (Å²) in [6.45, 7) is 8.34. The van der Waals surface area contributed by atoms with Crippen LogP contribution in [0.4, 0.5) is 0 Å². The molecule has 0 atom stereocenters. The van der Waals surface area contributed by atoms with E-state index in [9.17, 15) is 0 Å². The Bertz CT molecular complexity index is 177. The zero-order chi connectivity index (χ0) is 9.61. The first-order valence-electron chi connectivity index (χ1n) is 4.02. The maximum atomic E-state index is 8.97. The van der Waals surface area contributed by atoms with Gasteiger partial charge in [-0.15, -0.1) is 0 Å². The van der Waals surface area contributed by atoms with Crippen LogP contribution in [0.3, 0.4) is 0 Å². The molecule has 0 aliphatic rings. The van der Waals surface area contributed by atoms with Crippen molar-refractivity contribution >= 4 is 6.21 Å². The van der Waals surface area contributed by atoms with Crippen molar-refractivity contribution in [1.82, 2.24) is 0 Å². The van der Waals surface area contributed by atoms with Crippen LogP contribution in [0.25, 0.3) is 0 Å². The van der Waals surface area contributed by atoms with Gasteiger partial charge in [0.2, 0.25) is 0 Å². The van der Waals surface area contributed by atoms with Gasteiger partial charge in [-0.25, -0.2) is 0 Å². The normalized spacial score (nSPS) is 13.8. The monoisotopic (exact) mass is 171 g/mol. The van der Waals surface area contributed by atoms with Crippen LogP contribution in [0.15, 0.2) is 17.1 Å². The summed E-state index contributed by atoms with van der Waals surface area (Å²) in [6.07, 6.45) is 3.05. The van der Waals surface area contributed by atoms with Gasteiger partial charge in [0.1, 0.15) is 6.20 Å². The van der Waals surface area contributed by atoms with E-state index in [1.807, 2.05) is 20.8 Å². The summed E-state index contributed by atoms with van der Waals surface area (Å²) in [7, 11) is 0. The highest BCUT2D eigenvalue weighted by Crippen LogP contribution is 2.08. The number of hydrogen-bond acceptors (Lipinski definition) is 3. The summed E-state index contributed by atoms with van der Waals surface area (Å²) >= 11 is 0. The Morgan fingerprint density at radius 2 is 2.08 bits per heavy atom. The van der Waals surface area contributed by atoms with Gasteiger partial charge in [-0.2, -0.15) is 0 Å². The highest BCUT2D eigenvalue weighted by Gasteiger charge is 2.03. The lowest BCUT2D eigenvalue weighted by molar-refractivity contribution is 0.101. The van der Waals surface area contributed by atoms with Crippen LogP contribution in [0.2, 0.25) is 0 Å². The minimum Gasteiger partial charge on any atom is -0.480 e. The van der Waals surface area contributed by atoms with Crippen LogP contribution in [-0.4, -0.2) is 17.9 Å². The highest BCUT2D eigenvalue weighted by atomic mass is 16.6. The summed E-state index contributed by atoms with van der Waals surface area (Å²) in [5.74, 6) is -0.141. The minimum absolute atomic E-state index is 0.0307. The quantitative estimate of drug-likeness (QED) is 0.523. The third kappa shape index (κ3) is 7.12. The van der Waals surface area contributed by atoms with E-state index in [0.717, 1.165) is 0 Å². The maximum absolute atomic E-state index is 8.97. The molecule has 0 fully saturated rings. The van der Waals surface area contributed by atoms with Crippen molar-refractivity contribution in [2.45, 2.75) is 27.7 Å². The van der Waals surface area contributed by atoms with E-state index in [2.05, 4.69) is 4.99 Å². The number of aliphatic imine (C=N–C) groups is 1. The number of ether oxygens (including phenoxy) is 1. The van der Waals surface area contributed by atoms with Crippen LogP contribution >= 0.6 is 0 Å². The van der Waals surface area contributed by atoms with Gasteiger partial charge < -0.3 is 9.84 Å². The van der Waals surface area contributed by atoms with Crippen molar-refractivity contribution in [1.29, 1.82) is 0 Å². The Hall–Kier alpha value is -0.990. The van der Waals surface area contributed by atoms with Gasteiger partial charge in [-0.3, -0.25) is 4.99 Å². The molecule has 0 saturated carbocycles. The fraction of sp³-hybridized carbons (Fsp3) is 0.667. The Balaban J connectivity index is 3.94. The first kappa shape index (κ1) is 11.0. The Kier molecular flexibility index (Phi) is 4.40. The smallest absolute Gasteiger partial charge is 0.295 e. The molecule has 0 aromatic rings. The van der Waals surface area contributed by atoms with E-state index >= 15 is 0 Å². The lowest BCUT2D eigenvalue weighted by Crippen LogP contribution is -2.05. The van der Waals surface area contributed by atoms with E-state index in [4.69, 9.17) is 9.84 Å². The predicted molar refractivity (Wildman–Crippen MR) is 50.3 cm³/mol. The number of rotatable bonds is 3. The Morgan fingerprint density at radius 3 is 2.50 bits per heavy atom. The van der Waals surface area contributed by atoms with Gasteiger partial charge in [-0.1, -0.05) is 20.8 Å². The van der Waals surface area contributed by atoms with Crippen molar-refractivity contribution in [2.24, 2.45) is 10.4 Å². The standard InChI is InChI=1S/C9H17NO2/c1-5-12-8(11)6-10-7-9(2,3)4/h6-7,11H,5H2,1-4H3/b8-6+,10-7?. The van der Waals surface area contributed by atoms with Crippen LogP contribution in [-0.2, 0) is 4.74 Å². The molecule has 3 heteroatoms. The molecule has 0 radical (unpaired) electrons. The number of hydrogen-bond donors (Lipinski definition) is 1. The number of aliphatic hydroxyl groups is 1. The molecule has 0 heterocycles. The molecule has 0 bridgehead atoms. The van der Waals surface area contributed by atoms with Crippen LogP contribution in [0, 0.1) is 5.41 Å².